The van der Waals surface area contributed by atoms with E-state index in [2.05, 4.69) is 73.3 Å². The minimum absolute atomic E-state index is 0.772. The number of hydrogen-bond donors (Lipinski definition) is 1. The molecule has 0 radical (unpaired) electrons. The van der Waals surface area contributed by atoms with E-state index in [-0.39, 0.29) is 0 Å². The van der Waals surface area contributed by atoms with Gasteiger partial charge in [-0.15, -0.1) is 0 Å². The molecule has 0 saturated carbocycles. The molecule has 0 saturated heterocycles. The SMILES string of the molecule is C\C=C(NCc1ccc2nccnc2c1)/C(C)=C\C=C(/C)CC. The number of nitrogens with zero attached hydrogens (tertiary/aromatic N) is 2. The van der Waals surface area contributed by atoms with Crippen molar-refractivity contribution in [3.63, 3.8) is 0 Å². The van der Waals surface area contributed by atoms with Gasteiger partial charge in [-0.2, -0.15) is 0 Å². The summed E-state index contributed by atoms with van der Waals surface area (Å²) in [6, 6.07) is 6.20. The van der Waals surface area contributed by atoms with Crippen LogP contribution in [-0.2, 0) is 6.54 Å². The first kappa shape index (κ1) is 16.9. The summed E-state index contributed by atoms with van der Waals surface area (Å²) >= 11 is 0. The molecule has 0 aliphatic rings. The Kier molecular flexibility index (Phi) is 6.10. The predicted molar refractivity (Wildman–Crippen MR) is 97.9 cm³/mol. The molecular formula is C20H25N3. The molecule has 1 aromatic carbocycles. The first-order valence-electron chi connectivity index (χ1n) is 8.08. The average Bonchev–Trinajstić information content (AvgIpc) is 2.59. The molecule has 0 fully saturated rings. The lowest BCUT2D eigenvalue weighted by atomic mass is 10.1. The third-order valence-electron chi connectivity index (χ3n) is 3.91. The van der Waals surface area contributed by atoms with Crippen LogP contribution in [0.25, 0.3) is 11.0 Å². The van der Waals surface area contributed by atoms with Crippen molar-refractivity contribution in [2.45, 2.75) is 40.7 Å². The Balaban J connectivity index is 2.07. The summed E-state index contributed by atoms with van der Waals surface area (Å²) < 4.78 is 0. The summed E-state index contributed by atoms with van der Waals surface area (Å²) in [4.78, 5) is 8.66. The van der Waals surface area contributed by atoms with Crippen molar-refractivity contribution in [1.29, 1.82) is 0 Å². The van der Waals surface area contributed by atoms with Gasteiger partial charge in [-0.1, -0.05) is 36.8 Å². The fourth-order valence-electron chi connectivity index (χ4n) is 2.26. The largest absolute Gasteiger partial charge is 0.381 e. The van der Waals surface area contributed by atoms with E-state index in [1.165, 1.54) is 16.7 Å². The molecule has 0 bridgehead atoms. The Morgan fingerprint density at radius 1 is 1.09 bits per heavy atom. The van der Waals surface area contributed by atoms with E-state index in [0.717, 1.165) is 29.7 Å². The standard InChI is InChI=1S/C20H25N3/c1-5-15(3)7-8-16(4)18(6-2)23-14-17-9-10-19-20(13-17)22-12-11-21-19/h6-13,23H,5,14H2,1-4H3/b15-7+,16-8-,18-6+. The molecule has 2 rings (SSSR count). The number of benzene rings is 1. The van der Waals surface area contributed by atoms with Crippen molar-refractivity contribution < 1.29 is 0 Å². The average molecular weight is 307 g/mol. The quantitative estimate of drug-likeness (QED) is 0.769. The van der Waals surface area contributed by atoms with E-state index in [1.54, 1.807) is 12.4 Å². The fourth-order valence-corrected chi connectivity index (χ4v) is 2.26. The molecule has 1 N–H and O–H groups in total. The van der Waals surface area contributed by atoms with Crippen LogP contribution in [0, 0.1) is 0 Å². The van der Waals surface area contributed by atoms with E-state index in [9.17, 15) is 0 Å². The van der Waals surface area contributed by atoms with Gasteiger partial charge in [0.25, 0.3) is 0 Å². The minimum atomic E-state index is 0.772. The molecule has 3 nitrogen and oxygen atoms in total. The van der Waals surface area contributed by atoms with Crippen molar-refractivity contribution in [2.75, 3.05) is 0 Å². The highest BCUT2D eigenvalue weighted by Gasteiger charge is 2.01. The Labute approximate surface area is 138 Å². The summed E-state index contributed by atoms with van der Waals surface area (Å²) in [5, 5.41) is 3.51. The second-order valence-corrected chi connectivity index (χ2v) is 5.65. The van der Waals surface area contributed by atoms with Gasteiger partial charge in [0.2, 0.25) is 0 Å². The number of aromatic nitrogens is 2. The molecule has 1 heterocycles. The van der Waals surface area contributed by atoms with Gasteiger partial charge in [-0.25, -0.2) is 0 Å². The molecule has 1 aromatic heterocycles. The highest BCUT2D eigenvalue weighted by molar-refractivity contribution is 5.74. The smallest absolute Gasteiger partial charge is 0.0890 e. The maximum Gasteiger partial charge on any atom is 0.0890 e. The Morgan fingerprint density at radius 3 is 2.52 bits per heavy atom. The van der Waals surface area contributed by atoms with Crippen LogP contribution in [0.4, 0.5) is 0 Å². The normalized spacial score (nSPS) is 13.5. The number of allylic oxidation sites excluding steroid dienone is 5. The van der Waals surface area contributed by atoms with Crippen LogP contribution in [0.1, 0.15) is 39.7 Å². The van der Waals surface area contributed by atoms with Crippen LogP contribution in [0.15, 0.2) is 65.7 Å². The lowest BCUT2D eigenvalue weighted by molar-refractivity contribution is 0.818. The molecule has 3 heteroatoms. The van der Waals surface area contributed by atoms with Gasteiger partial charge in [-0.05, 0) is 50.5 Å². The van der Waals surface area contributed by atoms with Gasteiger partial charge < -0.3 is 5.32 Å². The van der Waals surface area contributed by atoms with Crippen LogP contribution in [-0.4, -0.2) is 9.97 Å². The predicted octanol–water partition coefficient (Wildman–Crippen LogP) is 4.93. The lowest BCUT2D eigenvalue weighted by Crippen LogP contribution is -2.13. The number of hydrogen-bond acceptors (Lipinski definition) is 3. The molecule has 120 valence electrons. The molecule has 0 aliphatic heterocycles. The zero-order valence-electron chi connectivity index (χ0n) is 14.4. The minimum Gasteiger partial charge on any atom is -0.381 e. The molecule has 0 aliphatic carbocycles. The lowest BCUT2D eigenvalue weighted by Gasteiger charge is -2.11. The Bertz CT molecular complexity index is 754. The highest BCUT2D eigenvalue weighted by Crippen LogP contribution is 2.13. The van der Waals surface area contributed by atoms with Crippen LogP contribution < -0.4 is 5.32 Å². The number of fused-ring (bicyclic) bond motifs is 1. The monoisotopic (exact) mass is 307 g/mol. The molecule has 0 amide bonds. The van der Waals surface area contributed by atoms with Gasteiger partial charge in [0.15, 0.2) is 0 Å². The van der Waals surface area contributed by atoms with Gasteiger partial charge in [0.1, 0.15) is 0 Å². The van der Waals surface area contributed by atoms with Crippen molar-refractivity contribution in [3.8, 4) is 0 Å². The first-order valence-corrected chi connectivity index (χ1v) is 8.08. The fraction of sp³-hybridized carbons (Fsp3) is 0.300. The Hall–Kier alpha value is -2.42. The van der Waals surface area contributed by atoms with E-state index in [4.69, 9.17) is 0 Å². The van der Waals surface area contributed by atoms with E-state index in [0.29, 0.717) is 0 Å². The highest BCUT2D eigenvalue weighted by atomic mass is 14.9. The number of nitrogens with one attached hydrogen (secondary N) is 1. The molecule has 2 aromatic rings. The Morgan fingerprint density at radius 2 is 1.83 bits per heavy atom. The maximum absolute atomic E-state index is 4.36. The van der Waals surface area contributed by atoms with Crippen molar-refractivity contribution in [3.05, 3.63) is 71.2 Å². The third kappa shape index (κ3) is 4.78. The van der Waals surface area contributed by atoms with Crippen LogP contribution in [0.3, 0.4) is 0 Å². The molecular weight excluding hydrogens is 282 g/mol. The first-order chi connectivity index (χ1) is 11.1. The maximum atomic E-state index is 4.36. The van der Waals surface area contributed by atoms with Crippen LogP contribution >= 0.6 is 0 Å². The molecule has 23 heavy (non-hydrogen) atoms. The molecule has 0 unspecified atom stereocenters. The topological polar surface area (TPSA) is 37.8 Å². The van der Waals surface area contributed by atoms with Crippen molar-refractivity contribution in [1.82, 2.24) is 15.3 Å². The summed E-state index contributed by atoms with van der Waals surface area (Å²) in [6.07, 6.45) is 11.0. The zero-order chi connectivity index (χ0) is 16.7. The second-order valence-electron chi connectivity index (χ2n) is 5.65. The van der Waals surface area contributed by atoms with E-state index in [1.807, 2.05) is 6.07 Å². The molecule has 0 atom stereocenters. The van der Waals surface area contributed by atoms with Crippen LogP contribution in [0.2, 0.25) is 0 Å². The van der Waals surface area contributed by atoms with Crippen molar-refractivity contribution >= 4 is 11.0 Å². The van der Waals surface area contributed by atoms with E-state index < -0.39 is 0 Å². The summed E-state index contributed by atoms with van der Waals surface area (Å²) in [5.41, 5.74) is 6.84. The van der Waals surface area contributed by atoms with Crippen LogP contribution in [0.5, 0.6) is 0 Å². The third-order valence-corrected chi connectivity index (χ3v) is 3.91. The van der Waals surface area contributed by atoms with Gasteiger partial charge in [0.05, 0.1) is 11.0 Å². The van der Waals surface area contributed by atoms with Gasteiger partial charge in [0, 0.05) is 24.6 Å². The molecule has 0 spiro atoms. The van der Waals surface area contributed by atoms with Crippen molar-refractivity contribution in [2.24, 2.45) is 0 Å². The second kappa shape index (κ2) is 8.28. The number of rotatable bonds is 6. The summed E-state index contributed by atoms with van der Waals surface area (Å²) in [6.45, 7) is 9.29. The van der Waals surface area contributed by atoms with Gasteiger partial charge >= 0.3 is 0 Å². The zero-order valence-corrected chi connectivity index (χ0v) is 14.4. The summed E-state index contributed by atoms with van der Waals surface area (Å²) in [7, 11) is 0. The summed E-state index contributed by atoms with van der Waals surface area (Å²) in [5.74, 6) is 0. The van der Waals surface area contributed by atoms with Gasteiger partial charge in [-0.3, -0.25) is 9.97 Å². The van der Waals surface area contributed by atoms with E-state index >= 15 is 0 Å².